The molecule has 1 fully saturated rings. The minimum absolute atomic E-state index is 0.00262. The molecule has 0 unspecified atom stereocenters. The van der Waals surface area contributed by atoms with Crippen LogP contribution in [0.1, 0.15) is 18.1 Å². The quantitative estimate of drug-likeness (QED) is 0.604. The van der Waals surface area contributed by atoms with Gasteiger partial charge in [0.05, 0.1) is 44.3 Å². The third kappa shape index (κ3) is 6.83. The maximum atomic E-state index is 12.4. The Hall–Kier alpha value is -2.06. The summed E-state index contributed by atoms with van der Waals surface area (Å²) in [6.45, 7) is 9.23. The molecule has 28 heavy (non-hydrogen) atoms. The number of carbonyl (C=O) groups is 3. The zero-order valence-electron chi connectivity index (χ0n) is 16.9. The van der Waals surface area contributed by atoms with Gasteiger partial charge < -0.3 is 19.9 Å². The molecule has 1 aliphatic heterocycles. The van der Waals surface area contributed by atoms with E-state index in [4.69, 9.17) is 4.74 Å². The highest BCUT2D eigenvalue weighted by Gasteiger charge is 2.25. The Balaban J connectivity index is 1.71. The first-order chi connectivity index (χ1) is 13.4. The van der Waals surface area contributed by atoms with Crippen LogP contribution in [-0.2, 0) is 19.1 Å². The highest BCUT2D eigenvalue weighted by Crippen LogP contribution is 2.18. The van der Waals surface area contributed by atoms with Crippen molar-refractivity contribution in [1.29, 1.82) is 0 Å². The lowest BCUT2D eigenvalue weighted by molar-refractivity contribution is -0.895. The number of esters is 1. The average molecular weight is 409 g/mol. The van der Waals surface area contributed by atoms with Gasteiger partial charge in [-0.3, -0.25) is 14.4 Å². The van der Waals surface area contributed by atoms with Crippen molar-refractivity contribution in [2.75, 3.05) is 56.2 Å². The average Bonchev–Trinajstić information content (AvgIpc) is 2.65. The molecular weight excluding hydrogens is 378 g/mol. The Bertz CT molecular complexity index is 682. The number of carbonyl (C=O) groups excluding carboxylic acids is 3. The summed E-state index contributed by atoms with van der Waals surface area (Å²) in [4.78, 5) is 38.9. The normalized spacial score (nSPS) is 14.6. The van der Waals surface area contributed by atoms with Crippen LogP contribution >= 0.6 is 11.8 Å². The van der Waals surface area contributed by atoms with Gasteiger partial charge in [0.25, 0.3) is 5.91 Å². The molecule has 7 nitrogen and oxygen atoms in total. The van der Waals surface area contributed by atoms with Crippen LogP contribution in [0.2, 0.25) is 0 Å². The summed E-state index contributed by atoms with van der Waals surface area (Å²) in [5, 5.41) is 3.02. The topological polar surface area (TPSA) is 80.2 Å². The Morgan fingerprint density at radius 3 is 2.39 bits per heavy atom. The lowest BCUT2D eigenvalue weighted by Gasteiger charge is -2.32. The van der Waals surface area contributed by atoms with E-state index in [-0.39, 0.29) is 29.3 Å². The molecule has 1 saturated heterocycles. The summed E-state index contributed by atoms with van der Waals surface area (Å²) in [7, 11) is 0. The number of piperazine rings is 1. The van der Waals surface area contributed by atoms with Crippen molar-refractivity contribution in [3.8, 4) is 0 Å². The van der Waals surface area contributed by atoms with Gasteiger partial charge in [-0.05, 0) is 31.9 Å². The number of rotatable bonds is 8. The van der Waals surface area contributed by atoms with E-state index >= 15 is 0 Å². The molecule has 0 spiro atoms. The molecule has 1 aromatic rings. The number of anilines is 1. The molecule has 0 saturated carbocycles. The van der Waals surface area contributed by atoms with E-state index in [0.717, 1.165) is 29.9 Å². The highest BCUT2D eigenvalue weighted by atomic mass is 32.2. The van der Waals surface area contributed by atoms with Crippen molar-refractivity contribution >= 4 is 35.2 Å². The first kappa shape index (κ1) is 22.2. The van der Waals surface area contributed by atoms with Crippen molar-refractivity contribution in [3.05, 3.63) is 29.3 Å². The van der Waals surface area contributed by atoms with Gasteiger partial charge in [-0.25, -0.2) is 0 Å². The minimum atomic E-state index is -0.288. The molecule has 0 aliphatic carbocycles. The van der Waals surface area contributed by atoms with Gasteiger partial charge in [-0.2, -0.15) is 0 Å². The predicted molar refractivity (Wildman–Crippen MR) is 111 cm³/mol. The first-order valence-electron chi connectivity index (χ1n) is 9.61. The maximum absolute atomic E-state index is 12.4. The molecule has 154 valence electrons. The van der Waals surface area contributed by atoms with Crippen LogP contribution in [-0.4, -0.2) is 73.5 Å². The largest absolute Gasteiger partial charge is 0.465 e. The van der Waals surface area contributed by atoms with Gasteiger partial charge in [-0.1, -0.05) is 18.2 Å². The number of nitrogens with zero attached hydrogens (tertiary/aromatic N) is 1. The van der Waals surface area contributed by atoms with E-state index in [0.29, 0.717) is 26.2 Å². The standard InChI is InChI=1S/C20H29N3O4S/c1-4-27-19(26)14-28-13-18(25)23-10-8-22(9-11-23)12-17(24)21-20-15(2)6-5-7-16(20)3/h5-7H,4,8-14H2,1-3H3,(H,21,24)/p+1. The van der Waals surface area contributed by atoms with Gasteiger partial charge >= 0.3 is 5.97 Å². The minimum Gasteiger partial charge on any atom is -0.465 e. The monoisotopic (exact) mass is 408 g/mol. The molecule has 1 heterocycles. The van der Waals surface area contributed by atoms with Crippen molar-refractivity contribution in [1.82, 2.24) is 4.90 Å². The summed E-state index contributed by atoms with van der Waals surface area (Å²) in [5.74, 6) is 0.222. The molecule has 2 rings (SSSR count). The summed E-state index contributed by atoms with van der Waals surface area (Å²) < 4.78 is 4.85. The number of para-hydroxylation sites is 1. The molecule has 1 aliphatic rings. The van der Waals surface area contributed by atoms with Gasteiger partial charge in [-0.15, -0.1) is 11.8 Å². The number of hydrogen-bond acceptors (Lipinski definition) is 5. The Kier molecular flexibility index (Phi) is 8.79. The van der Waals surface area contributed by atoms with Crippen LogP contribution in [0.15, 0.2) is 18.2 Å². The summed E-state index contributed by atoms with van der Waals surface area (Å²) in [6, 6.07) is 5.95. The van der Waals surface area contributed by atoms with E-state index in [1.807, 2.05) is 36.9 Å². The summed E-state index contributed by atoms with van der Waals surface area (Å²) in [6.07, 6.45) is 0. The van der Waals surface area contributed by atoms with E-state index < -0.39 is 0 Å². The van der Waals surface area contributed by atoms with E-state index in [2.05, 4.69) is 5.32 Å². The van der Waals surface area contributed by atoms with Gasteiger partial charge in [0.1, 0.15) is 0 Å². The van der Waals surface area contributed by atoms with Crippen molar-refractivity contribution < 1.29 is 24.0 Å². The second kappa shape index (κ2) is 11.1. The predicted octanol–water partition coefficient (Wildman–Crippen LogP) is 0.265. The Morgan fingerprint density at radius 2 is 1.79 bits per heavy atom. The number of nitrogens with one attached hydrogen (secondary N) is 2. The van der Waals surface area contributed by atoms with Crippen LogP contribution in [0.4, 0.5) is 5.69 Å². The van der Waals surface area contributed by atoms with Crippen LogP contribution in [0.25, 0.3) is 0 Å². The first-order valence-corrected chi connectivity index (χ1v) is 10.8. The lowest BCUT2D eigenvalue weighted by Crippen LogP contribution is -3.15. The number of thioether (sulfide) groups is 1. The fraction of sp³-hybridized carbons (Fsp3) is 0.550. The molecule has 8 heteroatoms. The fourth-order valence-electron chi connectivity index (χ4n) is 3.19. The van der Waals surface area contributed by atoms with Crippen LogP contribution in [0.5, 0.6) is 0 Å². The zero-order chi connectivity index (χ0) is 20.5. The molecule has 2 amide bonds. The third-order valence-electron chi connectivity index (χ3n) is 4.73. The van der Waals surface area contributed by atoms with Crippen LogP contribution in [0, 0.1) is 13.8 Å². The number of ether oxygens (including phenoxy) is 1. The smallest absolute Gasteiger partial charge is 0.315 e. The molecule has 0 radical (unpaired) electrons. The fourth-order valence-corrected chi connectivity index (χ4v) is 3.90. The Labute approximate surface area is 170 Å². The number of amides is 2. The molecule has 0 aromatic heterocycles. The van der Waals surface area contributed by atoms with Crippen molar-refractivity contribution in [2.45, 2.75) is 20.8 Å². The number of hydrogen-bond donors (Lipinski definition) is 2. The van der Waals surface area contributed by atoms with Gasteiger partial charge in [0.2, 0.25) is 5.91 Å². The van der Waals surface area contributed by atoms with Crippen LogP contribution < -0.4 is 10.2 Å². The number of quaternary nitrogens is 1. The van der Waals surface area contributed by atoms with Crippen molar-refractivity contribution in [3.63, 3.8) is 0 Å². The van der Waals surface area contributed by atoms with Gasteiger partial charge in [0.15, 0.2) is 6.54 Å². The van der Waals surface area contributed by atoms with Crippen molar-refractivity contribution in [2.24, 2.45) is 0 Å². The van der Waals surface area contributed by atoms with E-state index in [1.165, 1.54) is 16.7 Å². The summed E-state index contributed by atoms with van der Waals surface area (Å²) >= 11 is 1.28. The number of benzene rings is 1. The van der Waals surface area contributed by atoms with Crippen LogP contribution in [0.3, 0.4) is 0 Å². The molecular formula is C20H30N3O4S+. The van der Waals surface area contributed by atoms with E-state index in [9.17, 15) is 14.4 Å². The zero-order valence-corrected chi connectivity index (χ0v) is 17.7. The number of aryl methyl sites for hydroxylation is 2. The second-order valence-corrected chi connectivity index (χ2v) is 7.91. The lowest BCUT2D eigenvalue weighted by atomic mass is 10.1. The molecule has 1 aromatic carbocycles. The molecule has 2 N–H and O–H groups in total. The third-order valence-corrected chi connectivity index (χ3v) is 5.62. The molecule has 0 atom stereocenters. The van der Waals surface area contributed by atoms with Gasteiger partial charge in [0, 0.05) is 5.69 Å². The summed E-state index contributed by atoms with van der Waals surface area (Å²) in [5.41, 5.74) is 3.00. The highest BCUT2D eigenvalue weighted by molar-refractivity contribution is 8.00. The second-order valence-electron chi connectivity index (χ2n) is 6.92. The maximum Gasteiger partial charge on any atom is 0.315 e. The SMILES string of the molecule is CCOC(=O)CSCC(=O)N1CC[NH+](CC(=O)Nc2c(C)cccc2C)CC1. The molecule has 0 bridgehead atoms. The van der Waals surface area contributed by atoms with E-state index in [1.54, 1.807) is 6.92 Å². The Morgan fingerprint density at radius 1 is 1.14 bits per heavy atom.